The van der Waals surface area contributed by atoms with E-state index < -0.39 is 11.5 Å². The third-order valence-electron chi connectivity index (χ3n) is 3.46. The number of ketones is 2. The van der Waals surface area contributed by atoms with Gasteiger partial charge >= 0.3 is 0 Å². The maximum absolute atomic E-state index is 12.5. The number of hydrogen-bond donors (Lipinski definition) is 0. The van der Waals surface area contributed by atoms with E-state index in [4.69, 9.17) is 14.2 Å². The van der Waals surface area contributed by atoms with Crippen LogP contribution in [0.1, 0.15) is 13.8 Å². The molecule has 0 radical (unpaired) electrons. The Hall–Kier alpha value is -1.31. The van der Waals surface area contributed by atoms with Crippen molar-refractivity contribution in [1.29, 1.82) is 0 Å². The minimum Gasteiger partial charge on any atom is -0.461 e. The standard InChI is InChI=1S/C14H23NO6/c1-14(2,21-10-16)13(12(18)9-19-3)11(17)8-15-4-6-20-7-5-15/h10,13H,4-9H2,1-3H3. The van der Waals surface area contributed by atoms with Crippen LogP contribution in [0.25, 0.3) is 0 Å². The van der Waals surface area contributed by atoms with Crippen molar-refractivity contribution in [2.45, 2.75) is 19.4 Å². The second kappa shape index (κ2) is 8.21. The van der Waals surface area contributed by atoms with Crippen LogP contribution in [-0.4, -0.2) is 75.1 Å². The van der Waals surface area contributed by atoms with E-state index in [2.05, 4.69) is 0 Å². The molecule has 0 bridgehead atoms. The Labute approximate surface area is 124 Å². The number of methoxy groups -OCH3 is 1. The minimum absolute atomic E-state index is 0.134. The molecule has 1 aliphatic rings. The molecule has 0 aromatic rings. The predicted octanol–water partition coefficient (Wildman–Crippen LogP) is -0.329. The molecule has 1 fully saturated rings. The summed E-state index contributed by atoms with van der Waals surface area (Å²) in [5.41, 5.74) is -1.19. The van der Waals surface area contributed by atoms with Gasteiger partial charge in [0, 0.05) is 20.2 Å². The van der Waals surface area contributed by atoms with Crippen molar-refractivity contribution in [3.8, 4) is 0 Å². The average Bonchev–Trinajstić information content (AvgIpc) is 2.39. The zero-order chi connectivity index (χ0) is 15.9. The van der Waals surface area contributed by atoms with Gasteiger partial charge in [0.1, 0.15) is 18.1 Å². The van der Waals surface area contributed by atoms with Gasteiger partial charge in [-0.25, -0.2) is 0 Å². The molecule has 1 heterocycles. The second-order valence-electron chi connectivity index (χ2n) is 5.50. The highest BCUT2D eigenvalue weighted by atomic mass is 16.5. The molecule has 0 N–H and O–H groups in total. The number of Topliss-reactive ketones (excluding diaryl/α,β-unsaturated/α-hetero) is 2. The van der Waals surface area contributed by atoms with Crippen LogP contribution in [0.15, 0.2) is 0 Å². The van der Waals surface area contributed by atoms with Crippen molar-refractivity contribution in [1.82, 2.24) is 4.90 Å². The topological polar surface area (TPSA) is 82.1 Å². The number of ether oxygens (including phenoxy) is 3. The van der Waals surface area contributed by atoms with Crippen LogP contribution in [0.3, 0.4) is 0 Å². The fourth-order valence-electron chi connectivity index (χ4n) is 2.44. The summed E-state index contributed by atoms with van der Waals surface area (Å²) in [5.74, 6) is -1.70. The number of morpholine rings is 1. The monoisotopic (exact) mass is 301 g/mol. The van der Waals surface area contributed by atoms with E-state index >= 15 is 0 Å². The maximum Gasteiger partial charge on any atom is 0.293 e. The highest BCUT2D eigenvalue weighted by Crippen LogP contribution is 2.23. The molecule has 120 valence electrons. The minimum atomic E-state index is -1.19. The van der Waals surface area contributed by atoms with Gasteiger partial charge in [-0.05, 0) is 13.8 Å². The predicted molar refractivity (Wildman–Crippen MR) is 73.9 cm³/mol. The molecule has 7 nitrogen and oxygen atoms in total. The largest absolute Gasteiger partial charge is 0.461 e. The van der Waals surface area contributed by atoms with E-state index in [1.807, 2.05) is 4.90 Å². The van der Waals surface area contributed by atoms with Gasteiger partial charge in [-0.1, -0.05) is 0 Å². The number of hydrogen-bond acceptors (Lipinski definition) is 7. The summed E-state index contributed by atoms with van der Waals surface area (Å²) in [6.45, 7) is 5.73. The highest BCUT2D eigenvalue weighted by Gasteiger charge is 2.42. The molecule has 0 aromatic heterocycles. The lowest BCUT2D eigenvalue weighted by molar-refractivity contribution is -0.156. The summed E-state index contributed by atoms with van der Waals surface area (Å²) in [6, 6.07) is 0. The highest BCUT2D eigenvalue weighted by molar-refractivity contribution is 6.05. The normalized spacial score (nSPS) is 18.0. The molecular weight excluding hydrogens is 278 g/mol. The van der Waals surface area contributed by atoms with E-state index in [0.29, 0.717) is 26.3 Å². The molecule has 21 heavy (non-hydrogen) atoms. The fraction of sp³-hybridized carbons (Fsp3) is 0.786. The van der Waals surface area contributed by atoms with E-state index in [9.17, 15) is 14.4 Å². The first-order chi connectivity index (χ1) is 9.92. The van der Waals surface area contributed by atoms with Crippen LogP contribution in [0.4, 0.5) is 0 Å². The SMILES string of the molecule is COCC(=O)C(C(=O)CN1CCOCC1)C(C)(C)OC=O. The van der Waals surface area contributed by atoms with E-state index in [1.54, 1.807) is 13.8 Å². The molecular formula is C14H23NO6. The quantitative estimate of drug-likeness (QED) is 0.426. The van der Waals surface area contributed by atoms with Gasteiger partial charge in [-0.2, -0.15) is 0 Å². The Bertz CT molecular complexity index is 376. The first-order valence-corrected chi connectivity index (χ1v) is 6.88. The van der Waals surface area contributed by atoms with Crippen LogP contribution in [0.2, 0.25) is 0 Å². The zero-order valence-corrected chi connectivity index (χ0v) is 12.8. The molecule has 0 saturated carbocycles. The summed E-state index contributed by atoms with van der Waals surface area (Å²) in [6.07, 6.45) is 0. The maximum atomic E-state index is 12.5. The lowest BCUT2D eigenvalue weighted by Gasteiger charge is -2.33. The van der Waals surface area contributed by atoms with Gasteiger partial charge < -0.3 is 14.2 Å². The third-order valence-corrected chi connectivity index (χ3v) is 3.46. The Morgan fingerprint density at radius 1 is 1.29 bits per heavy atom. The molecule has 0 aliphatic carbocycles. The summed E-state index contributed by atoms with van der Waals surface area (Å²) >= 11 is 0. The Balaban J connectivity index is 2.81. The summed E-state index contributed by atoms with van der Waals surface area (Å²) in [5, 5.41) is 0. The van der Waals surface area contributed by atoms with Crippen LogP contribution < -0.4 is 0 Å². The molecule has 1 rings (SSSR count). The number of rotatable bonds is 9. The molecule has 0 spiro atoms. The first kappa shape index (κ1) is 17.7. The molecule has 0 aromatic carbocycles. The van der Waals surface area contributed by atoms with Gasteiger partial charge in [-0.3, -0.25) is 19.3 Å². The zero-order valence-electron chi connectivity index (χ0n) is 12.8. The van der Waals surface area contributed by atoms with Crippen LogP contribution in [-0.2, 0) is 28.6 Å². The third kappa shape index (κ3) is 5.18. The number of carbonyl (C=O) groups excluding carboxylic acids is 3. The van der Waals surface area contributed by atoms with Crippen molar-refractivity contribution < 1.29 is 28.6 Å². The fourth-order valence-corrected chi connectivity index (χ4v) is 2.44. The van der Waals surface area contributed by atoms with Gasteiger partial charge in [-0.15, -0.1) is 0 Å². The molecule has 1 atom stereocenters. The number of carbonyl (C=O) groups is 3. The van der Waals surface area contributed by atoms with E-state index in [1.165, 1.54) is 7.11 Å². The molecule has 1 aliphatic heterocycles. The lowest BCUT2D eigenvalue weighted by atomic mass is 9.83. The van der Waals surface area contributed by atoms with E-state index in [-0.39, 0.29) is 31.2 Å². The first-order valence-electron chi connectivity index (χ1n) is 6.88. The van der Waals surface area contributed by atoms with Crippen LogP contribution >= 0.6 is 0 Å². The van der Waals surface area contributed by atoms with Gasteiger partial charge in [0.2, 0.25) is 0 Å². The van der Waals surface area contributed by atoms with Gasteiger partial charge in [0.05, 0.1) is 19.8 Å². The summed E-state index contributed by atoms with van der Waals surface area (Å²) < 4.78 is 15.0. The van der Waals surface area contributed by atoms with Crippen LogP contribution in [0.5, 0.6) is 0 Å². The Kier molecular flexibility index (Phi) is 6.94. The molecule has 1 unspecified atom stereocenters. The average molecular weight is 301 g/mol. The van der Waals surface area contributed by atoms with Crippen LogP contribution in [0, 0.1) is 5.92 Å². The van der Waals surface area contributed by atoms with Crippen molar-refractivity contribution in [2.24, 2.45) is 5.92 Å². The van der Waals surface area contributed by atoms with E-state index in [0.717, 1.165) is 0 Å². The molecule has 1 saturated heterocycles. The Morgan fingerprint density at radius 3 is 2.43 bits per heavy atom. The van der Waals surface area contributed by atoms with Gasteiger partial charge in [0.25, 0.3) is 6.47 Å². The number of nitrogens with zero attached hydrogens (tertiary/aromatic N) is 1. The summed E-state index contributed by atoms with van der Waals surface area (Å²) in [4.78, 5) is 37.2. The van der Waals surface area contributed by atoms with Crippen molar-refractivity contribution in [2.75, 3.05) is 46.6 Å². The second-order valence-corrected chi connectivity index (χ2v) is 5.50. The van der Waals surface area contributed by atoms with Crippen molar-refractivity contribution >= 4 is 18.0 Å². The van der Waals surface area contributed by atoms with Crippen molar-refractivity contribution in [3.63, 3.8) is 0 Å². The summed E-state index contributed by atoms with van der Waals surface area (Å²) in [7, 11) is 1.38. The molecule has 0 amide bonds. The van der Waals surface area contributed by atoms with Crippen molar-refractivity contribution in [3.05, 3.63) is 0 Å². The molecule has 7 heteroatoms. The Morgan fingerprint density at radius 2 is 1.90 bits per heavy atom. The smallest absolute Gasteiger partial charge is 0.293 e. The van der Waals surface area contributed by atoms with Gasteiger partial charge in [0.15, 0.2) is 11.6 Å². The lowest BCUT2D eigenvalue weighted by Crippen LogP contribution is -2.50.